The minimum atomic E-state index is -0.684. The van der Waals surface area contributed by atoms with E-state index < -0.39 is 11.6 Å². The van der Waals surface area contributed by atoms with Gasteiger partial charge in [0.2, 0.25) is 5.91 Å². The van der Waals surface area contributed by atoms with Crippen molar-refractivity contribution in [2.75, 3.05) is 13.1 Å². The SMILES string of the molecule is CCCC1(O)CN(C(=O)[C@@H](N)Cc2ccccc2)C1. The number of nitrogens with zero attached hydrogens (tertiary/aromatic N) is 1. The third kappa shape index (κ3) is 3.33. The number of likely N-dealkylation sites (tertiary alicyclic amines) is 1. The number of amides is 1. The Hall–Kier alpha value is -1.39. The lowest BCUT2D eigenvalue weighted by Crippen LogP contribution is -2.66. The first-order valence-electron chi connectivity index (χ1n) is 6.85. The highest BCUT2D eigenvalue weighted by Crippen LogP contribution is 2.26. The Morgan fingerprint density at radius 1 is 1.42 bits per heavy atom. The predicted octanol–water partition coefficient (Wildman–Crippen LogP) is 0.930. The molecule has 3 N–H and O–H groups in total. The van der Waals surface area contributed by atoms with Gasteiger partial charge in [-0.2, -0.15) is 0 Å². The van der Waals surface area contributed by atoms with Crippen LogP contribution in [-0.2, 0) is 11.2 Å². The van der Waals surface area contributed by atoms with Crippen molar-refractivity contribution in [3.8, 4) is 0 Å². The van der Waals surface area contributed by atoms with E-state index in [1.165, 1.54) is 0 Å². The summed E-state index contributed by atoms with van der Waals surface area (Å²) in [5, 5.41) is 10.1. The normalized spacial score (nSPS) is 18.8. The van der Waals surface area contributed by atoms with Crippen LogP contribution in [0.5, 0.6) is 0 Å². The molecular weight excluding hydrogens is 240 g/mol. The number of aliphatic hydroxyl groups is 1. The quantitative estimate of drug-likeness (QED) is 0.829. The van der Waals surface area contributed by atoms with Gasteiger partial charge < -0.3 is 15.7 Å². The molecule has 0 saturated carbocycles. The highest BCUT2D eigenvalue weighted by atomic mass is 16.3. The summed E-state index contributed by atoms with van der Waals surface area (Å²) in [6, 6.07) is 9.24. The number of hydrogen-bond acceptors (Lipinski definition) is 3. The molecule has 1 aliphatic rings. The summed E-state index contributed by atoms with van der Waals surface area (Å²) in [5.41, 5.74) is 6.33. The number of β-amino-alcohol motifs (C(OH)–C–C–N with tert-alkyl or cyclic N) is 1. The molecule has 0 bridgehead atoms. The van der Waals surface area contributed by atoms with Crippen LogP contribution < -0.4 is 5.73 Å². The minimum Gasteiger partial charge on any atom is -0.386 e. The second-order valence-electron chi connectivity index (χ2n) is 5.46. The van der Waals surface area contributed by atoms with E-state index in [9.17, 15) is 9.90 Å². The van der Waals surface area contributed by atoms with Crippen LogP contribution in [0.15, 0.2) is 30.3 Å². The molecule has 1 aromatic rings. The molecule has 1 aromatic carbocycles. The summed E-state index contributed by atoms with van der Waals surface area (Å²) in [5.74, 6) is -0.0652. The van der Waals surface area contributed by atoms with Gasteiger partial charge in [-0.3, -0.25) is 4.79 Å². The molecule has 19 heavy (non-hydrogen) atoms. The van der Waals surface area contributed by atoms with Crippen LogP contribution in [0, 0.1) is 0 Å². The fourth-order valence-corrected chi connectivity index (χ4v) is 2.63. The molecule has 2 rings (SSSR count). The second-order valence-corrected chi connectivity index (χ2v) is 5.46. The highest BCUT2D eigenvalue weighted by molar-refractivity contribution is 5.83. The van der Waals surface area contributed by atoms with Crippen molar-refractivity contribution < 1.29 is 9.90 Å². The molecule has 0 spiro atoms. The molecule has 1 atom stereocenters. The van der Waals surface area contributed by atoms with Crippen molar-refractivity contribution in [3.63, 3.8) is 0 Å². The van der Waals surface area contributed by atoms with E-state index in [0.717, 1.165) is 18.4 Å². The molecule has 4 heteroatoms. The van der Waals surface area contributed by atoms with E-state index in [1.54, 1.807) is 4.90 Å². The second kappa shape index (κ2) is 5.72. The van der Waals surface area contributed by atoms with E-state index in [-0.39, 0.29) is 5.91 Å². The van der Waals surface area contributed by atoms with E-state index >= 15 is 0 Å². The molecule has 1 aliphatic heterocycles. The number of nitrogens with two attached hydrogens (primary N) is 1. The molecular formula is C15H22N2O2. The molecule has 1 amide bonds. The molecule has 0 unspecified atom stereocenters. The van der Waals surface area contributed by atoms with Gasteiger partial charge in [-0.15, -0.1) is 0 Å². The summed E-state index contributed by atoms with van der Waals surface area (Å²) >= 11 is 0. The zero-order valence-corrected chi connectivity index (χ0v) is 11.4. The van der Waals surface area contributed by atoms with Crippen LogP contribution >= 0.6 is 0 Å². The lowest BCUT2D eigenvalue weighted by atomic mass is 9.88. The van der Waals surface area contributed by atoms with Crippen molar-refractivity contribution in [1.29, 1.82) is 0 Å². The maximum absolute atomic E-state index is 12.1. The maximum atomic E-state index is 12.1. The largest absolute Gasteiger partial charge is 0.386 e. The van der Waals surface area contributed by atoms with Gasteiger partial charge >= 0.3 is 0 Å². The Morgan fingerprint density at radius 3 is 2.63 bits per heavy atom. The predicted molar refractivity (Wildman–Crippen MR) is 74.6 cm³/mol. The fraction of sp³-hybridized carbons (Fsp3) is 0.533. The molecule has 1 heterocycles. The Labute approximate surface area is 114 Å². The average molecular weight is 262 g/mol. The van der Waals surface area contributed by atoms with Crippen LogP contribution in [0.25, 0.3) is 0 Å². The topological polar surface area (TPSA) is 66.6 Å². The zero-order chi connectivity index (χ0) is 13.9. The van der Waals surface area contributed by atoms with Crippen molar-refractivity contribution in [3.05, 3.63) is 35.9 Å². The van der Waals surface area contributed by atoms with Crippen molar-refractivity contribution in [2.24, 2.45) is 5.73 Å². The molecule has 4 nitrogen and oxygen atoms in total. The van der Waals surface area contributed by atoms with Crippen LogP contribution in [0.1, 0.15) is 25.3 Å². The summed E-state index contributed by atoms with van der Waals surface area (Å²) in [6.45, 7) is 2.87. The number of carbonyl (C=O) groups excluding carboxylic acids is 1. The minimum absolute atomic E-state index is 0.0652. The first kappa shape index (κ1) is 14.0. The van der Waals surface area contributed by atoms with Gasteiger partial charge in [0.15, 0.2) is 0 Å². The molecule has 1 fully saturated rings. The highest BCUT2D eigenvalue weighted by Gasteiger charge is 2.43. The Kier molecular flexibility index (Phi) is 4.22. The molecule has 1 saturated heterocycles. The van der Waals surface area contributed by atoms with Crippen LogP contribution in [0.2, 0.25) is 0 Å². The van der Waals surface area contributed by atoms with Crippen molar-refractivity contribution >= 4 is 5.91 Å². The van der Waals surface area contributed by atoms with Gasteiger partial charge in [0.25, 0.3) is 0 Å². The first-order valence-corrected chi connectivity index (χ1v) is 6.85. The number of hydrogen-bond donors (Lipinski definition) is 2. The number of carbonyl (C=O) groups is 1. The summed E-state index contributed by atoms with van der Waals surface area (Å²) in [4.78, 5) is 13.8. The van der Waals surface area contributed by atoms with Crippen molar-refractivity contribution in [1.82, 2.24) is 4.90 Å². The Morgan fingerprint density at radius 2 is 2.05 bits per heavy atom. The zero-order valence-electron chi connectivity index (χ0n) is 11.4. The number of benzene rings is 1. The standard InChI is InChI=1S/C15H22N2O2/c1-2-8-15(19)10-17(11-15)14(18)13(16)9-12-6-4-3-5-7-12/h3-7,13,19H,2,8-11,16H2,1H3/t13-/m0/s1. The lowest BCUT2D eigenvalue weighted by Gasteiger charge is -2.47. The molecule has 0 aliphatic carbocycles. The third-order valence-corrected chi connectivity index (χ3v) is 3.61. The molecule has 0 radical (unpaired) electrons. The molecule has 0 aromatic heterocycles. The van der Waals surface area contributed by atoms with Gasteiger partial charge in [0, 0.05) is 0 Å². The fourth-order valence-electron chi connectivity index (χ4n) is 2.63. The van der Waals surface area contributed by atoms with E-state index in [0.29, 0.717) is 19.5 Å². The maximum Gasteiger partial charge on any atom is 0.240 e. The lowest BCUT2D eigenvalue weighted by molar-refractivity contribution is -0.157. The van der Waals surface area contributed by atoms with E-state index in [4.69, 9.17) is 5.73 Å². The molecule has 104 valence electrons. The van der Waals surface area contributed by atoms with E-state index in [1.807, 2.05) is 37.3 Å². The number of rotatable bonds is 5. The van der Waals surface area contributed by atoms with Crippen molar-refractivity contribution in [2.45, 2.75) is 37.8 Å². The summed E-state index contributed by atoms with van der Waals surface area (Å²) in [6.07, 6.45) is 2.21. The van der Waals surface area contributed by atoms with Gasteiger partial charge in [0.1, 0.15) is 0 Å². The van der Waals surface area contributed by atoms with Gasteiger partial charge in [0.05, 0.1) is 24.7 Å². The van der Waals surface area contributed by atoms with Crippen LogP contribution in [0.3, 0.4) is 0 Å². The Bertz CT molecular complexity index is 427. The smallest absolute Gasteiger partial charge is 0.240 e. The summed E-state index contributed by atoms with van der Waals surface area (Å²) in [7, 11) is 0. The van der Waals surface area contributed by atoms with Gasteiger partial charge in [-0.05, 0) is 18.4 Å². The van der Waals surface area contributed by atoms with Crippen LogP contribution in [0.4, 0.5) is 0 Å². The van der Waals surface area contributed by atoms with Crippen LogP contribution in [-0.4, -0.2) is 40.6 Å². The van der Waals surface area contributed by atoms with Gasteiger partial charge in [-0.1, -0.05) is 43.7 Å². The van der Waals surface area contributed by atoms with Gasteiger partial charge in [-0.25, -0.2) is 0 Å². The third-order valence-electron chi connectivity index (χ3n) is 3.61. The monoisotopic (exact) mass is 262 g/mol. The first-order chi connectivity index (χ1) is 9.04. The average Bonchev–Trinajstić information content (AvgIpc) is 2.36. The Balaban J connectivity index is 1.85. The van der Waals surface area contributed by atoms with E-state index in [2.05, 4.69) is 0 Å². The summed E-state index contributed by atoms with van der Waals surface area (Å²) < 4.78 is 0.